The van der Waals surface area contributed by atoms with Gasteiger partial charge in [-0.25, -0.2) is 0 Å². The minimum atomic E-state index is -0.899. The highest BCUT2D eigenvalue weighted by Gasteiger charge is 2.55. The molecule has 0 N–H and O–H groups in total. The summed E-state index contributed by atoms with van der Waals surface area (Å²) in [4.78, 5) is 0. The molecule has 0 aliphatic heterocycles. The molecule has 2 aromatic carbocycles. The lowest BCUT2D eigenvalue weighted by Gasteiger charge is -2.42. The highest BCUT2D eigenvalue weighted by Crippen LogP contribution is 2.74. The predicted molar refractivity (Wildman–Crippen MR) is 149 cm³/mol. The molecular formula is C30H45P2+. The molecule has 2 aliphatic carbocycles. The second-order valence-corrected chi connectivity index (χ2v) is 17.9. The molecule has 3 atom stereocenters. The van der Waals surface area contributed by atoms with Gasteiger partial charge < -0.3 is 0 Å². The fourth-order valence-electron chi connectivity index (χ4n) is 7.50. The van der Waals surface area contributed by atoms with E-state index in [1.165, 1.54) is 68.4 Å². The topological polar surface area (TPSA) is 0 Å². The Bertz CT molecular complexity index is 832. The van der Waals surface area contributed by atoms with Crippen LogP contribution in [0.1, 0.15) is 76.8 Å². The van der Waals surface area contributed by atoms with Crippen molar-refractivity contribution in [1.82, 2.24) is 0 Å². The van der Waals surface area contributed by atoms with Crippen LogP contribution in [0.15, 0.2) is 48.5 Å². The van der Waals surface area contributed by atoms with Gasteiger partial charge in [0.05, 0.1) is 23.6 Å². The maximum atomic E-state index is 2.65. The van der Waals surface area contributed by atoms with Gasteiger partial charge in [0, 0.05) is 13.2 Å². The van der Waals surface area contributed by atoms with Gasteiger partial charge in [0.25, 0.3) is 0 Å². The van der Waals surface area contributed by atoms with E-state index in [0.29, 0.717) is 0 Å². The normalized spacial score (nSPS) is 23.2. The van der Waals surface area contributed by atoms with E-state index in [-0.39, 0.29) is 7.92 Å². The van der Waals surface area contributed by atoms with E-state index < -0.39 is 7.26 Å². The van der Waals surface area contributed by atoms with E-state index in [1.807, 2.05) is 0 Å². The van der Waals surface area contributed by atoms with Gasteiger partial charge >= 0.3 is 0 Å². The van der Waals surface area contributed by atoms with Gasteiger partial charge in [-0.2, -0.15) is 0 Å². The van der Waals surface area contributed by atoms with Crippen LogP contribution in [0.2, 0.25) is 0 Å². The summed E-state index contributed by atoms with van der Waals surface area (Å²) in [5, 5.41) is 3.26. The van der Waals surface area contributed by atoms with E-state index >= 15 is 0 Å². The first kappa shape index (κ1) is 24.4. The van der Waals surface area contributed by atoms with Gasteiger partial charge in [0.2, 0.25) is 0 Å². The Hall–Kier alpha value is -0.700. The van der Waals surface area contributed by atoms with Crippen LogP contribution < -0.4 is 10.6 Å². The highest BCUT2D eigenvalue weighted by molar-refractivity contribution is 7.77. The van der Waals surface area contributed by atoms with E-state index in [9.17, 15) is 0 Å². The van der Waals surface area contributed by atoms with Crippen LogP contribution in [-0.2, 0) is 0 Å². The van der Waals surface area contributed by atoms with Crippen molar-refractivity contribution in [2.75, 3.05) is 12.3 Å². The summed E-state index contributed by atoms with van der Waals surface area (Å²) < 4.78 is 0. The standard InChI is InChI=1S/C30H45P2/c1-6-32(7-2,26-17-10-11-18-26)30-22-14-19-27(30)25(5)31(28-20-12-8-15-23(28)3)29-21-13-9-16-24(29)4/h8-9,12-13,15-16,20-21,25-27,30H,6-7,10-11,14,17-19,22H2,1-5H3/q+1/t25?,27-,30-/m0/s1. The number of hydrogen-bond acceptors (Lipinski definition) is 0. The Morgan fingerprint density at radius 3 is 1.81 bits per heavy atom. The second-order valence-electron chi connectivity index (χ2n) is 10.5. The lowest BCUT2D eigenvalue weighted by molar-refractivity contribution is 0.539. The molecule has 0 spiro atoms. The molecule has 32 heavy (non-hydrogen) atoms. The first-order chi connectivity index (χ1) is 15.5. The largest absolute Gasteiger partial charge is 0.0734 e. The second kappa shape index (κ2) is 10.7. The Balaban J connectivity index is 1.75. The summed E-state index contributed by atoms with van der Waals surface area (Å²) in [5.41, 5.74) is 5.85. The van der Waals surface area contributed by atoms with Crippen LogP contribution in [0.5, 0.6) is 0 Å². The van der Waals surface area contributed by atoms with E-state index in [4.69, 9.17) is 0 Å². The Morgan fingerprint density at radius 1 is 0.781 bits per heavy atom. The molecule has 174 valence electrons. The SMILES string of the molecule is CC[P+](CC)(C1CCCC1)[C@H]1CCC[C@H]1C(C)P(c1ccccc1C)c1ccccc1C. The fraction of sp³-hybridized carbons (Fsp3) is 0.600. The van der Waals surface area contributed by atoms with Crippen LogP contribution in [0.25, 0.3) is 0 Å². The zero-order chi connectivity index (χ0) is 22.7. The fourth-order valence-corrected chi connectivity index (χ4v) is 17.1. The Kier molecular flexibility index (Phi) is 8.17. The van der Waals surface area contributed by atoms with Gasteiger partial charge in [-0.1, -0.05) is 55.5 Å². The van der Waals surface area contributed by atoms with Crippen LogP contribution in [0, 0.1) is 19.8 Å². The molecule has 2 aromatic rings. The van der Waals surface area contributed by atoms with E-state index in [0.717, 1.165) is 22.9 Å². The Labute approximate surface area is 200 Å². The number of benzene rings is 2. The van der Waals surface area contributed by atoms with Crippen molar-refractivity contribution in [3.05, 3.63) is 59.7 Å². The van der Waals surface area contributed by atoms with Gasteiger partial charge in [-0.15, -0.1) is 0 Å². The van der Waals surface area contributed by atoms with E-state index in [1.54, 1.807) is 10.6 Å². The summed E-state index contributed by atoms with van der Waals surface area (Å²) in [5.74, 6) is 0.911. The number of hydrogen-bond donors (Lipinski definition) is 0. The minimum absolute atomic E-state index is 0.343. The molecule has 0 bridgehead atoms. The molecule has 2 heteroatoms. The van der Waals surface area contributed by atoms with Gasteiger partial charge in [-0.05, 0) is 108 Å². The lowest BCUT2D eigenvalue weighted by atomic mass is 10.0. The van der Waals surface area contributed by atoms with Crippen molar-refractivity contribution < 1.29 is 0 Å². The smallest absolute Gasteiger partial charge is 0.0620 e. The quantitative estimate of drug-likeness (QED) is 0.343. The van der Waals surface area contributed by atoms with Crippen molar-refractivity contribution in [2.45, 2.75) is 96.5 Å². The third kappa shape index (κ3) is 4.49. The van der Waals surface area contributed by atoms with Crippen molar-refractivity contribution >= 4 is 25.8 Å². The highest BCUT2D eigenvalue weighted by atomic mass is 31.2. The molecule has 4 rings (SSSR count). The van der Waals surface area contributed by atoms with Crippen LogP contribution in [-0.4, -0.2) is 29.3 Å². The minimum Gasteiger partial charge on any atom is -0.0620 e. The molecule has 0 nitrogen and oxygen atoms in total. The van der Waals surface area contributed by atoms with Crippen LogP contribution in [0.3, 0.4) is 0 Å². The summed E-state index contributed by atoms with van der Waals surface area (Å²) in [6, 6.07) is 18.6. The van der Waals surface area contributed by atoms with Gasteiger partial charge in [0.1, 0.15) is 0 Å². The number of rotatable bonds is 8. The number of aryl methyl sites for hydroxylation is 2. The average Bonchev–Trinajstić information content (AvgIpc) is 3.51. The van der Waals surface area contributed by atoms with Gasteiger partial charge in [0.15, 0.2) is 0 Å². The lowest BCUT2D eigenvalue weighted by Crippen LogP contribution is -2.36. The molecule has 0 aromatic heterocycles. The summed E-state index contributed by atoms with van der Waals surface area (Å²) in [6.45, 7) is 12.5. The first-order valence-electron chi connectivity index (χ1n) is 13.3. The first-order valence-corrected chi connectivity index (χ1v) is 17.0. The van der Waals surface area contributed by atoms with Crippen molar-refractivity contribution in [1.29, 1.82) is 0 Å². The van der Waals surface area contributed by atoms with E-state index in [2.05, 4.69) is 83.1 Å². The molecule has 2 saturated carbocycles. The maximum Gasteiger partial charge on any atom is 0.0734 e. The summed E-state index contributed by atoms with van der Waals surface area (Å²) >= 11 is 0. The predicted octanol–water partition coefficient (Wildman–Crippen LogP) is 8.29. The van der Waals surface area contributed by atoms with Crippen molar-refractivity contribution in [3.8, 4) is 0 Å². The van der Waals surface area contributed by atoms with Crippen LogP contribution in [0.4, 0.5) is 0 Å². The molecule has 0 amide bonds. The summed E-state index contributed by atoms with van der Waals surface area (Å²) in [7, 11) is -1.24. The molecular weight excluding hydrogens is 422 g/mol. The zero-order valence-corrected chi connectivity index (χ0v) is 23.0. The molecule has 2 aliphatic rings. The molecule has 1 unspecified atom stereocenters. The van der Waals surface area contributed by atoms with Gasteiger partial charge in [-0.3, -0.25) is 0 Å². The summed E-state index contributed by atoms with van der Waals surface area (Å²) in [6.07, 6.45) is 13.5. The maximum absolute atomic E-state index is 2.65. The zero-order valence-electron chi connectivity index (χ0n) is 21.2. The third-order valence-corrected chi connectivity index (χ3v) is 18.7. The van der Waals surface area contributed by atoms with Crippen molar-refractivity contribution in [2.24, 2.45) is 5.92 Å². The third-order valence-electron chi connectivity index (χ3n) is 9.20. The monoisotopic (exact) mass is 467 g/mol. The molecule has 0 saturated heterocycles. The Morgan fingerprint density at radius 2 is 1.31 bits per heavy atom. The van der Waals surface area contributed by atoms with Crippen molar-refractivity contribution in [3.63, 3.8) is 0 Å². The molecule has 0 heterocycles. The average molecular weight is 468 g/mol. The molecule has 0 radical (unpaired) electrons. The molecule has 2 fully saturated rings. The van der Waals surface area contributed by atoms with Crippen LogP contribution >= 0.6 is 15.2 Å².